The van der Waals surface area contributed by atoms with E-state index in [-0.39, 0.29) is 17.9 Å². The second-order valence-corrected chi connectivity index (χ2v) is 6.32. The lowest BCUT2D eigenvalue weighted by Crippen LogP contribution is -2.44. The number of carbonyl (C=O) groups excluding carboxylic acids is 1. The first-order valence-electron chi connectivity index (χ1n) is 8.80. The average Bonchev–Trinajstić information content (AvgIpc) is 2.76. The van der Waals surface area contributed by atoms with Gasteiger partial charge in [0.1, 0.15) is 6.54 Å². The van der Waals surface area contributed by atoms with Crippen LogP contribution in [0.1, 0.15) is 11.1 Å². The zero-order valence-electron chi connectivity index (χ0n) is 15.9. The van der Waals surface area contributed by atoms with Gasteiger partial charge in [-0.1, -0.05) is 18.2 Å². The molecule has 0 atom stereocenters. The molecule has 0 aliphatic heterocycles. The number of nitriles is 1. The van der Waals surface area contributed by atoms with E-state index in [9.17, 15) is 24.5 Å². The maximum absolute atomic E-state index is 12.5. The van der Waals surface area contributed by atoms with Crippen LogP contribution in [-0.4, -0.2) is 25.2 Å². The molecule has 0 unspecified atom stereocenters. The Kier molecular flexibility index (Phi) is 5.87. The number of rotatable bonds is 6. The highest BCUT2D eigenvalue weighted by Crippen LogP contribution is 2.15. The van der Waals surface area contributed by atoms with E-state index in [1.54, 1.807) is 24.3 Å². The summed E-state index contributed by atoms with van der Waals surface area (Å²) in [7, 11) is 0. The highest BCUT2D eigenvalue weighted by atomic mass is 16.6. The van der Waals surface area contributed by atoms with Gasteiger partial charge >= 0.3 is 11.2 Å². The lowest BCUT2D eigenvalue weighted by Gasteiger charge is -2.15. The molecule has 0 aliphatic carbocycles. The monoisotopic (exact) mass is 421 g/mol. The Hall–Kier alpha value is -4.79. The molecule has 1 aromatic heterocycles. The van der Waals surface area contributed by atoms with E-state index < -0.39 is 34.4 Å². The predicted molar refractivity (Wildman–Crippen MR) is 108 cm³/mol. The van der Waals surface area contributed by atoms with Crippen molar-refractivity contribution in [2.75, 3.05) is 5.73 Å². The largest absolute Gasteiger partial charge is 0.379 e. The molecule has 156 valence electrons. The fourth-order valence-corrected chi connectivity index (χ4v) is 2.74. The minimum absolute atomic E-state index is 0.0244. The number of aromatic nitrogens is 3. The molecule has 0 radical (unpaired) electrons. The second-order valence-electron chi connectivity index (χ2n) is 6.32. The molecule has 3 rings (SSSR count). The summed E-state index contributed by atoms with van der Waals surface area (Å²) in [5.74, 6) is -1.22. The number of nitrogens with one attached hydrogen (secondary N) is 1. The Labute approximate surface area is 173 Å². The van der Waals surface area contributed by atoms with E-state index in [4.69, 9.17) is 11.0 Å². The van der Waals surface area contributed by atoms with Gasteiger partial charge in [-0.05, 0) is 23.8 Å². The topological polar surface area (TPSA) is 179 Å². The number of nitrogen functional groups attached to an aromatic ring is 1. The van der Waals surface area contributed by atoms with Crippen molar-refractivity contribution in [1.29, 1.82) is 5.26 Å². The van der Waals surface area contributed by atoms with Crippen LogP contribution in [0.5, 0.6) is 0 Å². The molecule has 0 aliphatic rings. The molecule has 1 heterocycles. The smallest absolute Gasteiger partial charge is 0.369 e. The summed E-state index contributed by atoms with van der Waals surface area (Å²) in [6.45, 7) is -0.472. The van der Waals surface area contributed by atoms with Crippen LogP contribution < -0.4 is 22.3 Å². The van der Waals surface area contributed by atoms with Crippen molar-refractivity contribution >= 4 is 17.4 Å². The summed E-state index contributed by atoms with van der Waals surface area (Å²) in [5.41, 5.74) is 4.45. The first-order valence-corrected chi connectivity index (χ1v) is 8.80. The third kappa shape index (κ3) is 4.62. The van der Waals surface area contributed by atoms with Crippen molar-refractivity contribution < 1.29 is 9.72 Å². The van der Waals surface area contributed by atoms with Crippen LogP contribution in [0.15, 0.2) is 58.1 Å². The van der Waals surface area contributed by atoms with Gasteiger partial charge in [0, 0.05) is 18.7 Å². The Bertz CT molecular complexity index is 1320. The quantitative estimate of drug-likeness (QED) is 0.414. The van der Waals surface area contributed by atoms with Gasteiger partial charge in [-0.25, -0.2) is 9.48 Å². The van der Waals surface area contributed by atoms with Gasteiger partial charge in [0.05, 0.1) is 22.2 Å². The molecule has 31 heavy (non-hydrogen) atoms. The molecular formula is C19H15N7O5. The van der Waals surface area contributed by atoms with Crippen molar-refractivity contribution in [1.82, 2.24) is 19.7 Å². The molecule has 0 saturated heterocycles. The number of amides is 1. The summed E-state index contributed by atoms with van der Waals surface area (Å²) in [5, 5.41) is 22.5. The van der Waals surface area contributed by atoms with Gasteiger partial charge in [-0.15, -0.1) is 0 Å². The number of nitro benzene ring substituents is 1. The lowest BCUT2D eigenvalue weighted by atomic mass is 10.1. The van der Waals surface area contributed by atoms with E-state index in [2.05, 4.69) is 10.3 Å². The number of hydrogen-bond donors (Lipinski definition) is 2. The molecule has 0 spiro atoms. The third-order valence-electron chi connectivity index (χ3n) is 4.24. The standard InChI is InChI=1S/C19H15N7O5/c20-9-12-4-6-13(7-5-12)10-22-16(27)11-24-18(28)17(21)23-19(29)25(24)14-2-1-3-15(8-14)26(30)31/h1-8H,10-11H2,(H,22,27)(H2,21,23,29). The van der Waals surface area contributed by atoms with Crippen molar-refractivity contribution in [2.24, 2.45) is 0 Å². The summed E-state index contributed by atoms with van der Waals surface area (Å²) in [6.07, 6.45) is 0. The van der Waals surface area contributed by atoms with Crippen LogP contribution in [0.3, 0.4) is 0 Å². The maximum atomic E-state index is 12.5. The van der Waals surface area contributed by atoms with E-state index in [1.807, 2.05) is 6.07 Å². The number of benzene rings is 2. The number of hydrogen-bond acceptors (Lipinski definition) is 8. The molecule has 1 amide bonds. The normalized spacial score (nSPS) is 10.3. The number of anilines is 1. The Morgan fingerprint density at radius 3 is 2.58 bits per heavy atom. The molecular weight excluding hydrogens is 406 g/mol. The van der Waals surface area contributed by atoms with Crippen molar-refractivity contribution in [3.8, 4) is 11.8 Å². The summed E-state index contributed by atoms with van der Waals surface area (Å²) < 4.78 is 1.52. The van der Waals surface area contributed by atoms with Crippen LogP contribution in [0.4, 0.5) is 11.5 Å². The van der Waals surface area contributed by atoms with Crippen LogP contribution in [-0.2, 0) is 17.9 Å². The van der Waals surface area contributed by atoms with Gasteiger partial charge < -0.3 is 11.1 Å². The fourth-order valence-electron chi connectivity index (χ4n) is 2.74. The first kappa shape index (κ1) is 20.9. The van der Waals surface area contributed by atoms with E-state index in [0.717, 1.165) is 15.4 Å². The highest BCUT2D eigenvalue weighted by Gasteiger charge is 2.17. The Morgan fingerprint density at radius 1 is 1.23 bits per heavy atom. The van der Waals surface area contributed by atoms with Gasteiger partial charge in [-0.3, -0.25) is 19.7 Å². The van der Waals surface area contributed by atoms with Gasteiger partial charge in [0.25, 0.3) is 5.69 Å². The summed E-state index contributed by atoms with van der Waals surface area (Å²) >= 11 is 0. The maximum Gasteiger partial charge on any atom is 0.369 e. The van der Waals surface area contributed by atoms with Gasteiger partial charge in [0.15, 0.2) is 5.82 Å². The van der Waals surface area contributed by atoms with E-state index in [1.165, 1.54) is 18.2 Å². The number of carbonyl (C=O) groups is 1. The molecule has 2 aromatic carbocycles. The zero-order valence-corrected chi connectivity index (χ0v) is 15.9. The van der Waals surface area contributed by atoms with Crippen LogP contribution in [0, 0.1) is 21.4 Å². The van der Waals surface area contributed by atoms with E-state index >= 15 is 0 Å². The molecule has 3 aromatic rings. The zero-order chi connectivity index (χ0) is 22.5. The molecule has 3 N–H and O–H groups in total. The number of nitrogens with two attached hydrogens (primary N) is 1. The van der Waals surface area contributed by atoms with Gasteiger partial charge in [0.2, 0.25) is 5.91 Å². The minimum Gasteiger partial charge on any atom is -0.379 e. The Morgan fingerprint density at radius 2 is 1.94 bits per heavy atom. The SMILES string of the molecule is N#Cc1ccc(CNC(=O)Cn2c(=O)c(N)nc(=O)n2-c2cccc([N+](=O)[O-])c2)cc1. The van der Waals surface area contributed by atoms with E-state index in [0.29, 0.717) is 11.1 Å². The molecule has 0 saturated carbocycles. The summed E-state index contributed by atoms with van der Waals surface area (Å²) in [6, 6.07) is 13.5. The van der Waals surface area contributed by atoms with Crippen molar-refractivity contribution in [3.63, 3.8) is 0 Å². The Balaban J connectivity index is 1.91. The number of nitro groups is 1. The van der Waals surface area contributed by atoms with Crippen LogP contribution in [0.25, 0.3) is 5.69 Å². The van der Waals surface area contributed by atoms with Crippen LogP contribution >= 0.6 is 0 Å². The van der Waals surface area contributed by atoms with Gasteiger partial charge in [-0.2, -0.15) is 14.9 Å². The molecule has 12 nitrogen and oxygen atoms in total. The lowest BCUT2D eigenvalue weighted by molar-refractivity contribution is -0.384. The summed E-state index contributed by atoms with van der Waals surface area (Å²) in [4.78, 5) is 51.1. The molecule has 0 fully saturated rings. The average molecular weight is 421 g/mol. The first-order chi connectivity index (χ1) is 14.8. The number of nitrogens with zero attached hydrogens (tertiary/aromatic N) is 5. The number of non-ortho nitro benzene ring substituents is 1. The minimum atomic E-state index is -0.975. The second kappa shape index (κ2) is 8.70. The highest BCUT2D eigenvalue weighted by molar-refractivity contribution is 5.75. The molecule has 12 heteroatoms. The predicted octanol–water partition coefficient (Wildman–Crippen LogP) is 0.0727. The van der Waals surface area contributed by atoms with Crippen molar-refractivity contribution in [3.05, 3.63) is 90.6 Å². The third-order valence-corrected chi connectivity index (χ3v) is 4.24. The van der Waals surface area contributed by atoms with Crippen LogP contribution in [0.2, 0.25) is 0 Å². The van der Waals surface area contributed by atoms with Crippen molar-refractivity contribution in [2.45, 2.75) is 13.1 Å². The molecule has 0 bridgehead atoms. The fraction of sp³-hybridized carbons (Fsp3) is 0.105.